The van der Waals surface area contributed by atoms with Gasteiger partial charge in [-0.2, -0.15) is 0 Å². The molecule has 0 radical (unpaired) electrons. The van der Waals surface area contributed by atoms with Gasteiger partial charge in [0.2, 0.25) is 0 Å². The Morgan fingerprint density at radius 2 is 2.06 bits per heavy atom. The van der Waals surface area contributed by atoms with Crippen molar-refractivity contribution in [1.82, 2.24) is 0 Å². The minimum Gasteiger partial charge on any atom is -0.468 e. The zero-order valence-corrected chi connectivity index (χ0v) is 10.6. The van der Waals surface area contributed by atoms with Crippen LogP contribution in [0.1, 0.15) is 68.0 Å². The standard InChI is InChI=1S/C14H20O3/c1-10(2)17-14(15)12-8-9-16-13(12)11-6-4-3-5-7-11/h8-11H,3-7H2,1-2H3. The summed E-state index contributed by atoms with van der Waals surface area (Å²) in [6.45, 7) is 3.72. The van der Waals surface area contributed by atoms with Crippen molar-refractivity contribution in [3.8, 4) is 0 Å². The molecule has 17 heavy (non-hydrogen) atoms. The van der Waals surface area contributed by atoms with E-state index in [0.29, 0.717) is 11.5 Å². The lowest BCUT2D eigenvalue weighted by molar-refractivity contribution is 0.0374. The van der Waals surface area contributed by atoms with E-state index in [0.717, 1.165) is 18.6 Å². The summed E-state index contributed by atoms with van der Waals surface area (Å²) in [5.41, 5.74) is 0.616. The van der Waals surface area contributed by atoms with Crippen LogP contribution in [0.3, 0.4) is 0 Å². The molecule has 3 nitrogen and oxygen atoms in total. The first-order valence-corrected chi connectivity index (χ1v) is 6.47. The lowest BCUT2D eigenvalue weighted by Crippen LogP contribution is -2.14. The number of carbonyl (C=O) groups is 1. The fourth-order valence-corrected chi connectivity index (χ4v) is 2.45. The molecular weight excluding hydrogens is 216 g/mol. The van der Waals surface area contributed by atoms with Gasteiger partial charge in [-0.05, 0) is 32.8 Å². The largest absolute Gasteiger partial charge is 0.468 e. The van der Waals surface area contributed by atoms with Crippen LogP contribution in [0, 0.1) is 0 Å². The van der Waals surface area contributed by atoms with E-state index in [1.807, 2.05) is 13.8 Å². The SMILES string of the molecule is CC(C)OC(=O)c1ccoc1C1CCCCC1. The molecule has 3 heteroatoms. The van der Waals surface area contributed by atoms with Crippen LogP contribution in [0.25, 0.3) is 0 Å². The third-order valence-corrected chi connectivity index (χ3v) is 3.23. The van der Waals surface area contributed by atoms with Crippen molar-refractivity contribution >= 4 is 5.97 Å². The average Bonchev–Trinajstić information content (AvgIpc) is 2.78. The van der Waals surface area contributed by atoms with Crippen molar-refractivity contribution in [2.24, 2.45) is 0 Å². The van der Waals surface area contributed by atoms with Crippen molar-refractivity contribution in [2.75, 3.05) is 0 Å². The van der Waals surface area contributed by atoms with Crippen molar-refractivity contribution in [3.05, 3.63) is 23.7 Å². The highest BCUT2D eigenvalue weighted by Crippen LogP contribution is 2.35. The maximum Gasteiger partial charge on any atom is 0.341 e. The first-order valence-electron chi connectivity index (χ1n) is 6.47. The summed E-state index contributed by atoms with van der Waals surface area (Å²) in [5, 5.41) is 0. The van der Waals surface area contributed by atoms with Gasteiger partial charge in [-0.3, -0.25) is 0 Å². The molecule has 1 aromatic rings. The maximum absolute atomic E-state index is 11.9. The predicted molar refractivity (Wildman–Crippen MR) is 65.1 cm³/mol. The van der Waals surface area contributed by atoms with Gasteiger partial charge in [0.25, 0.3) is 0 Å². The highest BCUT2D eigenvalue weighted by Gasteiger charge is 2.25. The van der Waals surface area contributed by atoms with E-state index in [-0.39, 0.29) is 12.1 Å². The number of ether oxygens (including phenoxy) is 1. The number of carbonyl (C=O) groups excluding carboxylic acids is 1. The molecule has 0 aliphatic heterocycles. The number of furan rings is 1. The maximum atomic E-state index is 11.9. The molecule has 0 saturated heterocycles. The van der Waals surface area contributed by atoms with Crippen LogP contribution < -0.4 is 0 Å². The third-order valence-electron chi connectivity index (χ3n) is 3.23. The average molecular weight is 236 g/mol. The zero-order chi connectivity index (χ0) is 12.3. The van der Waals surface area contributed by atoms with E-state index in [1.165, 1.54) is 19.3 Å². The second-order valence-corrected chi connectivity index (χ2v) is 4.99. The molecule has 0 unspecified atom stereocenters. The minimum absolute atomic E-state index is 0.0865. The van der Waals surface area contributed by atoms with E-state index in [2.05, 4.69) is 0 Å². The Morgan fingerprint density at radius 1 is 1.35 bits per heavy atom. The van der Waals surface area contributed by atoms with Gasteiger partial charge in [0.05, 0.1) is 12.4 Å². The Morgan fingerprint density at radius 3 is 2.71 bits per heavy atom. The van der Waals surface area contributed by atoms with E-state index < -0.39 is 0 Å². The Bertz CT molecular complexity index is 373. The van der Waals surface area contributed by atoms with E-state index >= 15 is 0 Å². The molecule has 94 valence electrons. The van der Waals surface area contributed by atoms with Crippen LogP contribution >= 0.6 is 0 Å². The van der Waals surface area contributed by atoms with E-state index in [1.54, 1.807) is 12.3 Å². The number of hydrogen-bond acceptors (Lipinski definition) is 3. The quantitative estimate of drug-likeness (QED) is 0.747. The van der Waals surface area contributed by atoms with Crippen LogP contribution in [-0.4, -0.2) is 12.1 Å². The van der Waals surface area contributed by atoms with Gasteiger partial charge in [-0.25, -0.2) is 4.79 Å². The first-order chi connectivity index (χ1) is 8.18. The minimum atomic E-state index is -0.255. The van der Waals surface area contributed by atoms with Gasteiger partial charge in [0.1, 0.15) is 11.3 Å². The predicted octanol–water partition coefficient (Wildman–Crippen LogP) is 3.89. The van der Waals surface area contributed by atoms with Crippen LogP contribution in [0.2, 0.25) is 0 Å². The highest BCUT2D eigenvalue weighted by atomic mass is 16.5. The Hall–Kier alpha value is -1.25. The molecule has 0 aromatic carbocycles. The van der Waals surface area contributed by atoms with Gasteiger partial charge in [0, 0.05) is 5.92 Å². The summed E-state index contributed by atoms with van der Waals surface area (Å²) in [6, 6.07) is 1.73. The van der Waals surface area contributed by atoms with Gasteiger partial charge < -0.3 is 9.15 Å². The molecule has 1 aliphatic rings. The lowest BCUT2D eigenvalue weighted by Gasteiger charge is -2.20. The lowest BCUT2D eigenvalue weighted by atomic mass is 9.86. The Kier molecular flexibility index (Phi) is 3.87. The summed E-state index contributed by atoms with van der Waals surface area (Å²) < 4.78 is 10.7. The summed E-state index contributed by atoms with van der Waals surface area (Å²) >= 11 is 0. The van der Waals surface area contributed by atoms with E-state index in [9.17, 15) is 4.79 Å². The zero-order valence-electron chi connectivity index (χ0n) is 10.6. The van der Waals surface area contributed by atoms with Gasteiger partial charge in [-0.1, -0.05) is 19.3 Å². The molecule has 1 heterocycles. The summed E-state index contributed by atoms with van der Waals surface area (Å²) in [6.07, 6.45) is 7.50. The molecule has 0 spiro atoms. The fourth-order valence-electron chi connectivity index (χ4n) is 2.45. The Labute approximate surface area is 102 Å². The van der Waals surface area contributed by atoms with E-state index in [4.69, 9.17) is 9.15 Å². The fraction of sp³-hybridized carbons (Fsp3) is 0.643. The van der Waals surface area contributed by atoms with Crippen LogP contribution in [-0.2, 0) is 4.74 Å². The highest BCUT2D eigenvalue weighted by molar-refractivity contribution is 5.90. The van der Waals surface area contributed by atoms with Crippen LogP contribution in [0.4, 0.5) is 0 Å². The summed E-state index contributed by atoms with van der Waals surface area (Å²) in [5.74, 6) is 0.970. The molecule has 1 aromatic heterocycles. The Balaban J connectivity index is 2.12. The van der Waals surface area contributed by atoms with Gasteiger partial charge in [0.15, 0.2) is 0 Å². The van der Waals surface area contributed by atoms with Crippen molar-refractivity contribution in [3.63, 3.8) is 0 Å². The number of rotatable bonds is 3. The molecule has 0 amide bonds. The number of hydrogen-bond donors (Lipinski definition) is 0. The molecule has 2 rings (SSSR count). The third kappa shape index (κ3) is 2.90. The first kappa shape index (κ1) is 12.2. The molecule has 1 aliphatic carbocycles. The monoisotopic (exact) mass is 236 g/mol. The number of esters is 1. The van der Waals surface area contributed by atoms with Crippen molar-refractivity contribution in [1.29, 1.82) is 0 Å². The van der Waals surface area contributed by atoms with Crippen LogP contribution in [0.15, 0.2) is 16.7 Å². The summed E-state index contributed by atoms with van der Waals surface area (Å²) in [7, 11) is 0. The van der Waals surface area contributed by atoms with Gasteiger partial charge >= 0.3 is 5.97 Å². The molecule has 0 atom stereocenters. The van der Waals surface area contributed by atoms with Gasteiger partial charge in [-0.15, -0.1) is 0 Å². The molecule has 1 saturated carbocycles. The topological polar surface area (TPSA) is 39.4 Å². The second kappa shape index (κ2) is 5.39. The smallest absolute Gasteiger partial charge is 0.341 e. The van der Waals surface area contributed by atoms with Crippen LogP contribution in [0.5, 0.6) is 0 Å². The molecule has 0 N–H and O–H groups in total. The molecule has 1 fully saturated rings. The molecular formula is C14H20O3. The van der Waals surface area contributed by atoms with Crippen molar-refractivity contribution < 1.29 is 13.9 Å². The van der Waals surface area contributed by atoms with Crippen molar-refractivity contribution in [2.45, 2.75) is 58.0 Å². The summed E-state index contributed by atoms with van der Waals surface area (Å²) in [4.78, 5) is 11.9. The second-order valence-electron chi connectivity index (χ2n) is 4.99. The normalized spacial score (nSPS) is 17.4. The molecule has 0 bridgehead atoms.